The van der Waals surface area contributed by atoms with Gasteiger partial charge in [-0.1, -0.05) is 28.9 Å². The van der Waals surface area contributed by atoms with E-state index in [0.717, 1.165) is 11.4 Å². The van der Waals surface area contributed by atoms with Gasteiger partial charge in [-0.3, -0.25) is 4.79 Å². The van der Waals surface area contributed by atoms with Crippen molar-refractivity contribution in [1.29, 1.82) is 0 Å². The van der Waals surface area contributed by atoms with Gasteiger partial charge < -0.3 is 14.4 Å². The highest BCUT2D eigenvalue weighted by Gasteiger charge is 2.17. The summed E-state index contributed by atoms with van der Waals surface area (Å²) in [6.45, 7) is 3.96. The van der Waals surface area contributed by atoms with Crippen LogP contribution in [0.1, 0.15) is 24.5 Å². The van der Waals surface area contributed by atoms with E-state index in [1.54, 1.807) is 24.5 Å². The summed E-state index contributed by atoms with van der Waals surface area (Å²) in [6.07, 6.45) is 3.46. The number of benzene rings is 1. The van der Waals surface area contributed by atoms with Crippen molar-refractivity contribution in [2.24, 2.45) is 0 Å². The number of aromatic nitrogens is 3. The van der Waals surface area contributed by atoms with Crippen LogP contribution in [0.2, 0.25) is 5.02 Å². The molecule has 1 atom stereocenters. The van der Waals surface area contributed by atoms with E-state index in [4.69, 9.17) is 16.1 Å². The first-order valence-electron chi connectivity index (χ1n) is 7.54. The first-order valence-corrected chi connectivity index (χ1v) is 7.91. The molecule has 124 valence electrons. The summed E-state index contributed by atoms with van der Waals surface area (Å²) in [4.78, 5) is 16.4. The Morgan fingerprint density at radius 3 is 2.92 bits per heavy atom. The molecule has 1 N–H and O–H groups in total. The molecule has 2 aromatic heterocycles. The Hall–Kier alpha value is -2.60. The van der Waals surface area contributed by atoms with Crippen LogP contribution in [0.25, 0.3) is 11.3 Å². The second-order valence-electron chi connectivity index (χ2n) is 5.44. The van der Waals surface area contributed by atoms with Gasteiger partial charge in [-0.15, -0.1) is 0 Å². The molecule has 3 aromatic rings. The fraction of sp³-hybridized carbons (Fsp3) is 0.235. The van der Waals surface area contributed by atoms with Crippen molar-refractivity contribution >= 4 is 17.5 Å². The van der Waals surface area contributed by atoms with Crippen LogP contribution >= 0.6 is 11.6 Å². The highest BCUT2D eigenvalue weighted by Crippen LogP contribution is 2.27. The first kappa shape index (κ1) is 16.3. The average molecular weight is 345 g/mol. The van der Waals surface area contributed by atoms with Gasteiger partial charge in [0, 0.05) is 24.0 Å². The standard InChI is InChI=1S/C17H17ClN4O2/c1-11(22-8-7-19-12(22)2)17(23)20-10-13-9-16(24-21-13)14-5-3-4-6-15(14)18/h3-9,11H,10H2,1-2H3,(H,20,23)/t11-/m0/s1. The van der Waals surface area contributed by atoms with Gasteiger partial charge in [0.15, 0.2) is 5.76 Å². The number of imidazole rings is 1. The zero-order valence-corrected chi connectivity index (χ0v) is 14.1. The van der Waals surface area contributed by atoms with Gasteiger partial charge in [-0.2, -0.15) is 0 Å². The number of nitrogens with zero attached hydrogens (tertiary/aromatic N) is 3. The third-order valence-corrected chi connectivity index (χ3v) is 4.13. The quantitative estimate of drug-likeness (QED) is 0.770. The van der Waals surface area contributed by atoms with Crippen molar-refractivity contribution < 1.29 is 9.32 Å². The molecule has 0 bridgehead atoms. The van der Waals surface area contributed by atoms with Crippen LogP contribution in [-0.4, -0.2) is 20.6 Å². The molecular formula is C17H17ClN4O2. The lowest BCUT2D eigenvalue weighted by Crippen LogP contribution is -2.30. The highest BCUT2D eigenvalue weighted by atomic mass is 35.5. The zero-order valence-electron chi connectivity index (χ0n) is 13.4. The number of amides is 1. The summed E-state index contributed by atoms with van der Waals surface area (Å²) in [7, 11) is 0. The van der Waals surface area contributed by atoms with E-state index in [2.05, 4.69) is 15.5 Å². The van der Waals surface area contributed by atoms with Crippen LogP contribution in [0.15, 0.2) is 47.2 Å². The number of aryl methyl sites for hydroxylation is 1. The number of rotatable bonds is 5. The number of hydrogen-bond acceptors (Lipinski definition) is 4. The molecule has 7 heteroatoms. The maximum absolute atomic E-state index is 12.3. The summed E-state index contributed by atoms with van der Waals surface area (Å²) in [6, 6.07) is 8.80. The van der Waals surface area contributed by atoms with Crippen molar-refractivity contribution in [2.45, 2.75) is 26.4 Å². The number of carbonyl (C=O) groups excluding carboxylic acids is 1. The molecular weight excluding hydrogens is 328 g/mol. The maximum Gasteiger partial charge on any atom is 0.243 e. The molecule has 0 unspecified atom stereocenters. The average Bonchev–Trinajstić information content (AvgIpc) is 3.21. The molecule has 6 nitrogen and oxygen atoms in total. The molecule has 1 aromatic carbocycles. The van der Waals surface area contributed by atoms with Crippen LogP contribution in [0.5, 0.6) is 0 Å². The van der Waals surface area contributed by atoms with Gasteiger partial charge in [0.2, 0.25) is 5.91 Å². The predicted octanol–water partition coefficient (Wildman–Crippen LogP) is 3.38. The molecule has 0 saturated carbocycles. The number of nitrogens with one attached hydrogen (secondary N) is 1. The molecule has 0 aliphatic carbocycles. The Bertz CT molecular complexity index is 856. The molecule has 0 saturated heterocycles. The molecule has 0 aliphatic rings. The van der Waals surface area contributed by atoms with Crippen molar-refractivity contribution in [2.75, 3.05) is 0 Å². The predicted molar refractivity (Wildman–Crippen MR) is 90.5 cm³/mol. The van der Waals surface area contributed by atoms with E-state index in [1.807, 2.05) is 36.6 Å². The largest absolute Gasteiger partial charge is 0.356 e. The van der Waals surface area contributed by atoms with Crippen molar-refractivity contribution in [3.05, 3.63) is 59.3 Å². The van der Waals surface area contributed by atoms with Crippen LogP contribution in [0.3, 0.4) is 0 Å². The Kier molecular flexibility index (Phi) is 4.66. The van der Waals surface area contributed by atoms with Gasteiger partial charge in [-0.05, 0) is 26.0 Å². The maximum atomic E-state index is 12.3. The topological polar surface area (TPSA) is 73.0 Å². The Labute approximate surface area is 144 Å². The molecule has 2 heterocycles. The van der Waals surface area contributed by atoms with Gasteiger partial charge in [-0.25, -0.2) is 4.98 Å². The summed E-state index contributed by atoms with van der Waals surface area (Å²) in [5, 5.41) is 7.42. The fourth-order valence-electron chi connectivity index (χ4n) is 2.43. The van der Waals surface area contributed by atoms with E-state index in [1.165, 1.54) is 0 Å². The second-order valence-corrected chi connectivity index (χ2v) is 5.85. The van der Waals surface area contributed by atoms with Gasteiger partial charge in [0.1, 0.15) is 17.6 Å². The SMILES string of the molecule is Cc1nccn1[C@@H](C)C(=O)NCc1cc(-c2ccccc2Cl)on1. The van der Waals surface area contributed by atoms with Crippen molar-refractivity contribution in [3.8, 4) is 11.3 Å². The molecule has 0 spiro atoms. The molecule has 24 heavy (non-hydrogen) atoms. The molecule has 0 aliphatic heterocycles. The lowest BCUT2D eigenvalue weighted by molar-refractivity contribution is -0.124. The lowest BCUT2D eigenvalue weighted by Gasteiger charge is -2.14. The minimum absolute atomic E-state index is 0.113. The van der Waals surface area contributed by atoms with Crippen LogP contribution in [-0.2, 0) is 11.3 Å². The number of halogens is 1. The molecule has 0 fully saturated rings. The van der Waals surface area contributed by atoms with Crippen molar-refractivity contribution in [3.63, 3.8) is 0 Å². The Morgan fingerprint density at radius 1 is 1.42 bits per heavy atom. The van der Waals surface area contributed by atoms with Gasteiger partial charge in [0.05, 0.1) is 11.6 Å². The third-order valence-electron chi connectivity index (χ3n) is 3.80. The van der Waals surface area contributed by atoms with Crippen molar-refractivity contribution in [1.82, 2.24) is 20.0 Å². The number of carbonyl (C=O) groups is 1. The highest BCUT2D eigenvalue weighted by molar-refractivity contribution is 6.33. The van der Waals surface area contributed by atoms with E-state index >= 15 is 0 Å². The number of hydrogen-bond donors (Lipinski definition) is 1. The first-order chi connectivity index (χ1) is 11.6. The van der Waals surface area contributed by atoms with Crippen LogP contribution < -0.4 is 5.32 Å². The summed E-state index contributed by atoms with van der Waals surface area (Å²) < 4.78 is 7.13. The van der Waals surface area contributed by atoms with E-state index in [9.17, 15) is 4.79 Å². The van der Waals surface area contributed by atoms with Gasteiger partial charge in [0.25, 0.3) is 0 Å². The van der Waals surface area contributed by atoms with Crippen LogP contribution in [0.4, 0.5) is 0 Å². The van der Waals surface area contributed by atoms with E-state index < -0.39 is 0 Å². The smallest absolute Gasteiger partial charge is 0.243 e. The zero-order chi connectivity index (χ0) is 17.1. The molecule has 3 rings (SSSR count). The molecule has 1 amide bonds. The lowest BCUT2D eigenvalue weighted by atomic mass is 10.1. The summed E-state index contributed by atoms with van der Waals surface area (Å²) >= 11 is 6.14. The Balaban J connectivity index is 1.65. The summed E-state index contributed by atoms with van der Waals surface area (Å²) in [5.74, 6) is 1.25. The van der Waals surface area contributed by atoms with Gasteiger partial charge >= 0.3 is 0 Å². The minimum Gasteiger partial charge on any atom is -0.356 e. The fourth-order valence-corrected chi connectivity index (χ4v) is 2.66. The van der Waals surface area contributed by atoms with Crippen LogP contribution in [0, 0.1) is 6.92 Å². The Morgan fingerprint density at radius 2 is 2.21 bits per heavy atom. The normalized spacial score (nSPS) is 12.1. The monoisotopic (exact) mass is 344 g/mol. The third kappa shape index (κ3) is 3.33. The minimum atomic E-state index is -0.345. The summed E-state index contributed by atoms with van der Waals surface area (Å²) in [5.41, 5.74) is 1.40. The second kappa shape index (κ2) is 6.88. The van der Waals surface area contributed by atoms with E-state index in [-0.39, 0.29) is 18.5 Å². The molecule has 0 radical (unpaired) electrons. The van der Waals surface area contributed by atoms with E-state index in [0.29, 0.717) is 16.5 Å².